The topological polar surface area (TPSA) is 66.4 Å². The lowest BCUT2D eigenvalue weighted by Crippen LogP contribution is -2.20. The van der Waals surface area contributed by atoms with E-state index >= 15 is 0 Å². The molecule has 1 aliphatic rings. The normalized spacial score (nSPS) is 14.6. The van der Waals surface area contributed by atoms with E-state index in [4.69, 9.17) is 23.7 Å². The first-order chi connectivity index (χ1) is 18.7. The smallest absolute Gasteiger partial charge is 0.184 e. The van der Waals surface area contributed by atoms with Crippen molar-refractivity contribution < 1.29 is 28.8 Å². The molecule has 0 amide bonds. The molecule has 0 spiro atoms. The monoisotopic (exact) mass is 512 g/mol. The Morgan fingerprint density at radius 2 is 1.37 bits per heavy atom. The highest BCUT2D eigenvalue weighted by molar-refractivity contribution is 5.51. The molecule has 0 aliphatic carbocycles. The van der Waals surface area contributed by atoms with Crippen LogP contribution in [0.4, 0.5) is 0 Å². The number of aliphatic hydroxyl groups excluding tert-OH is 1. The third-order valence-electron chi connectivity index (χ3n) is 6.43. The number of aliphatic hydroxyl groups is 1. The molecule has 1 unspecified atom stereocenters. The Labute approximate surface area is 223 Å². The van der Waals surface area contributed by atoms with E-state index in [0.717, 1.165) is 23.3 Å². The van der Waals surface area contributed by atoms with Crippen molar-refractivity contribution >= 4 is 0 Å². The molecule has 0 aromatic heterocycles. The minimum absolute atomic E-state index is 0.384. The molecule has 0 saturated carbocycles. The van der Waals surface area contributed by atoms with E-state index in [-0.39, 0.29) is 0 Å². The molecule has 1 fully saturated rings. The van der Waals surface area contributed by atoms with Crippen LogP contribution in [0.1, 0.15) is 46.6 Å². The maximum Gasteiger partial charge on any atom is 0.184 e. The van der Waals surface area contributed by atoms with Crippen LogP contribution in [0.3, 0.4) is 0 Å². The van der Waals surface area contributed by atoms with E-state index in [1.807, 2.05) is 97.1 Å². The van der Waals surface area contributed by atoms with Crippen LogP contribution in [-0.4, -0.2) is 25.4 Å². The third kappa shape index (κ3) is 6.34. The summed E-state index contributed by atoms with van der Waals surface area (Å²) in [5, 5.41) is 11.5. The Morgan fingerprint density at radius 1 is 0.763 bits per heavy atom. The first-order valence-corrected chi connectivity index (χ1v) is 12.8. The van der Waals surface area contributed by atoms with E-state index in [0.29, 0.717) is 54.6 Å². The first-order valence-electron chi connectivity index (χ1n) is 12.8. The Bertz CT molecular complexity index is 1290. The lowest BCUT2D eigenvalue weighted by Gasteiger charge is -2.28. The minimum Gasteiger partial charge on any atom is -0.493 e. The first kappa shape index (κ1) is 25.8. The zero-order chi connectivity index (χ0) is 26.2. The highest BCUT2D eigenvalue weighted by Gasteiger charge is 2.27. The zero-order valence-corrected chi connectivity index (χ0v) is 21.4. The number of ether oxygens (including phenoxy) is 5. The van der Waals surface area contributed by atoms with Gasteiger partial charge in [-0.25, -0.2) is 0 Å². The molecule has 38 heavy (non-hydrogen) atoms. The molecule has 196 valence electrons. The van der Waals surface area contributed by atoms with E-state index in [9.17, 15) is 5.11 Å². The van der Waals surface area contributed by atoms with Gasteiger partial charge >= 0.3 is 0 Å². The lowest BCUT2D eigenvalue weighted by atomic mass is 9.95. The molecule has 1 aliphatic heterocycles. The number of hydrogen-bond acceptors (Lipinski definition) is 6. The van der Waals surface area contributed by atoms with Gasteiger partial charge in [0.2, 0.25) is 0 Å². The van der Waals surface area contributed by atoms with E-state index in [1.54, 1.807) is 7.11 Å². The van der Waals surface area contributed by atoms with Crippen molar-refractivity contribution in [2.45, 2.75) is 32.0 Å². The number of hydrogen-bond donors (Lipinski definition) is 1. The Morgan fingerprint density at radius 3 is 1.97 bits per heavy atom. The largest absolute Gasteiger partial charge is 0.493 e. The second-order valence-corrected chi connectivity index (χ2v) is 9.08. The fourth-order valence-electron chi connectivity index (χ4n) is 4.37. The molecule has 0 radical (unpaired) electrons. The van der Waals surface area contributed by atoms with Crippen LogP contribution in [0, 0.1) is 0 Å². The van der Waals surface area contributed by atoms with E-state index in [1.165, 1.54) is 0 Å². The van der Waals surface area contributed by atoms with Gasteiger partial charge in [-0.05, 0) is 52.9 Å². The number of benzene rings is 4. The zero-order valence-electron chi connectivity index (χ0n) is 21.4. The highest BCUT2D eigenvalue weighted by Crippen LogP contribution is 2.40. The summed E-state index contributed by atoms with van der Waals surface area (Å²) in [5.41, 5.74) is 4.20. The number of methoxy groups -OCH3 is 1. The fourth-order valence-corrected chi connectivity index (χ4v) is 4.37. The van der Waals surface area contributed by atoms with Crippen molar-refractivity contribution in [2.24, 2.45) is 0 Å². The standard InChI is InChI=1S/C32H32O6/c1-34-29-19-27(31(33)25-13-15-26(16-14-25)37-21-23-9-4-2-5-10-23)28(32-35-17-8-18-36-32)20-30(29)38-22-24-11-6-3-7-12-24/h2-7,9-16,19-20,31-33H,8,17-18,21-22H2,1H3. The summed E-state index contributed by atoms with van der Waals surface area (Å²) >= 11 is 0. The second kappa shape index (κ2) is 12.6. The van der Waals surface area contributed by atoms with Gasteiger partial charge in [-0.1, -0.05) is 72.8 Å². The van der Waals surface area contributed by atoms with Crippen molar-refractivity contribution in [2.75, 3.05) is 20.3 Å². The highest BCUT2D eigenvalue weighted by atomic mass is 16.7. The molecule has 6 nitrogen and oxygen atoms in total. The molecule has 4 aromatic carbocycles. The van der Waals surface area contributed by atoms with Gasteiger partial charge in [-0.3, -0.25) is 0 Å². The van der Waals surface area contributed by atoms with Crippen molar-refractivity contribution in [1.82, 2.24) is 0 Å². The summed E-state index contributed by atoms with van der Waals surface area (Å²) in [4.78, 5) is 0. The van der Waals surface area contributed by atoms with Gasteiger partial charge < -0.3 is 28.8 Å². The average molecular weight is 513 g/mol. The summed E-state index contributed by atoms with van der Waals surface area (Å²) in [7, 11) is 1.59. The summed E-state index contributed by atoms with van der Waals surface area (Å²) < 4.78 is 29.5. The molecule has 1 atom stereocenters. The van der Waals surface area contributed by atoms with Crippen LogP contribution in [0.2, 0.25) is 0 Å². The molecular formula is C32H32O6. The van der Waals surface area contributed by atoms with Crippen molar-refractivity contribution in [3.05, 3.63) is 125 Å². The summed E-state index contributed by atoms with van der Waals surface area (Å²) in [6.07, 6.45) is -0.710. The molecular weight excluding hydrogens is 480 g/mol. The summed E-state index contributed by atoms with van der Waals surface area (Å²) in [6.45, 7) is 2.03. The predicted octanol–water partition coefficient (Wildman–Crippen LogP) is 6.37. The SMILES string of the molecule is COc1cc(C(O)c2ccc(OCc3ccccc3)cc2)c(C2OCCCO2)cc1OCc1ccccc1. The second-order valence-electron chi connectivity index (χ2n) is 9.08. The van der Waals surface area contributed by atoms with Crippen LogP contribution in [-0.2, 0) is 22.7 Å². The van der Waals surface area contributed by atoms with Gasteiger partial charge in [0.25, 0.3) is 0 Å². The quantitative estimate of drug-likeness (QED) is 0.266. The van der Waals surface area contributed by atoms with Gasteiger partial charge in [-0.15, -0.1) is 0 Å². The van der Waals surface area contributed by atoms with Gasteiger partial charge in [0.15, 0.2) is 17.8 Å². The van der Waals surface area contributed by atoms with Gasteiger partial charge in [-0.2, -0.15) is 0 Å². The molecule has 1 heterocycles. The predicted molar refractivity (Wildman–Crippen MR) is 144 cm³/mol. The molecule has 4 aromatic rings. The van der Waals surface area contributed by atoms with Gasteiger partial charge in [0, 0.05) is 5.56 Å². The maximum absolute atomic E-state index is 11.5. The van der Waals surface area contributed by atoms with Gasteiger partial charge in [0.05, 0.1) is 20.3 Å². The minimum atomic E-state index is -0.931. The Balaban J connectivity index is 1.39. The fraction of sp³-hybridized carbons (Fsp3) is 0.250. The van der Waals surface area contributed by atoms with Crippen molar-refractivity contribution in [1.29, 1.82) is 0 Å². The molecule has 5 rings (SSSR count). The van der Waals surface area contributed by atoms with Crippen molar-refractivity contribution in [3.8, 4) is 17.2 Å². The summed E-state index contributed by atoms with van der Waals surface area (Å²) in [6, 6.07) is 31.1. The number of rotatable bonds is 10. The molecule has 0 bridgehead atoms. The van der Waals surface area contributed by atoms with Crippen LogP contribution >= 0.6 is 0 Å². The average Bonchev–Trinajstić information content (AvgIpc) is 3.00. The van der Waals surface area contributed by atoms with Crippen molar-refractivity contribution in [3.63, 3.8) is 0 Å². The van der Waals surface area contributed by atoms with Crippen LogP contribution in [0.25, 0.3) is 0 Å². The lowest BCUT2D eigenvalue weighted by molar-refractivity contribution is -0.183. The summed E-state index contributed by atoms with van der Waals surface area (Å²) in [5.74, 6) is 1.81. The maximum atomic E-state index is 11.5. The van der Waals surface area contributed by atoms with Gasteiger partial charge in [0.1, 0.15) is 25.1 Å². The molecule has 1 N–H and O–H groups in total. The van der Waals surface area contributed by atoms with E-state index in [2.05, 4.69) is 0 Å². The van der Waals surface area contributed by atoms with Crippen LogP contribution < -0.4 is 14.2 Å². The van der Waals surface area contributed by atoms with E-state index < -0.39 is 12.4 Å². The Hall–Kier alpha value is -3.84. The third-order valence-corrected chi connectivity index (χ3v) is 6.43. The van der Waals surface area contributed by atoms with Crippen LogP contribution in [0.15, 0.2) is 97.1 Å². The molecule has 1 saturated heterocycles. The molecule has 6 heteroatoms. The van der Waals surface area contributed by atoms with Crippen LogP contribution in [0.5, 0.6) is 17.2 Å². The Kier molecular flexibility index (Phi) is 8.56.